The predicted octanol–water partition coefficient (Wildman–Crippen LogP) is 2.85. The highest BCUT2D eigenvalue weighted by Gasteiger charge is 2.14. The van der Waals surface area contributed by atoms with E-state index in [1.807, 2.05) is 31.2 Å². The summed E-state index contributed by atoms with van der Waals surface area (Å²) in [7, 11) is 1.66. The van der Waals surface area contributed by atoms with Gasteiger partial charge >= 0.3 is 0 Å². The van der Waals surface area contributed by atoms with Crippen molar-refractivity contribution in [3.05, 3.63) is 29.8 Å². The number of ether oxygens (including phenoxy) is 1. The second-order valence-corrected chi connectivity index (χ2v) is 3.73. The van der Waals surface area contributed by atoms with Crippen LogP contribution in [0.5, 0.6) is 5.75 Å². The Morgan fingerprint density at radius 1 is 1.40 bits per heavy atom. The topological polar surface area (TPSA) is 26.3 Å². The Kier molecular flexibility index (Phi) is 4.35. The average molecular weight is 206 g/mol. The molecule has 2 heteroatoms. The summed E-state index contributed by atoms with van der Waals surface area (Å²) in [6.45, 7) is 3.70. The molecule has 2 nitrogen and oxygen atoms in total. The van der Waals surface area contributed by atoms with E-state index in [0.29, 0.717) is 0 Å². The van der Waals surface area contributed by atoms with Crippen LogP contribution in [0.25, 0.3) is 0 Å². The van der Waals surface area contributed by atoms with Gasteiger partial charge in [-0.1, -0.05) is 25.1 Å². The molecule has 15 heavy (non-hydrogen) atoms. The van der Waals surface area contributed by atoms with Gasteiger partial charge in [-0.05, 0) is 31.4 Å². The first-order valence-electron chi connectivity index (χ1n) is 5.31. The van der Waals surface area contributed by atoms with Crippen molar-refractivity contribution in [3.63, 3.8) is 0 Å². The van der Waals surface area contributed by atoms with Crippen LogP contribution in [0.3, 0.4) is 0 Å². The summed E-state index contributed by atoms with van der Waals surface area (Å²) < 4.78 is 5.26. The molecule has 1 aromatic carbocycles. The van der Waals surface area contributed by atoms with Crippen molar-refractivity contribution < 1.29 is 9.53 Å². The molecule has 0 saturated carbocycles. The normalized spacial score (nSPS) is 12.2. The summed E-state index contributed by atoms with van der Waals surface area (Å²) in [6.07, 6.45) is 1.66. The van der Waals surface area contributed by atoms with Gasteiger partial charge in [0.25, 0.3) is 0 Å². The maximum atomic E-state index is 11.3. The number of hydrogen-bond donors (Lipinski definition) is 0. The molecule has 0 aromatic heterocycles. The Morgan fingerprint density at radius 2 is 2.07 bits per heavy atom. The maximum Gasteiger partial charge on any atom is 0.133 e. The highest BCUT2D eigenvalue weighted by atomic mass is 16.5. The molecule has 1 aromatic rings. The third-order valence-corrected chi connectivity index (χ3v) is 2.73. The number of para-hydroxylation sites is 1. The van der Waals surface area contributed by atoms with Gasteiger partial charge < -0.3 is 4.74 Å². The average Bonchev–Trinajstić information content (AvgIpc) is 2.25. The van der Waals surface area contributed by atoms with Crippen LogP contribution in [0.2, 0.25) is 0 Å². The predicted molar refractivity (Wildman–Crippen MR) is 61.2 cm³/mol. The smallest absolute Gasteiger partial charge is 0.133 e. The van der Waals surface area contributed by atoms with Gasteiger partial charge in [0.05, 0.1) is 7.11 Å². The number of rotatable bonds is 5. The number of hydrogen-bond acceptors (Lipinski definition) is 2. The molecule has 0 amide bonds. The van der Waals surface area contributed by atoms with E-state index in [9.17, 15) is 4.79 Å². The van der Waals surface area contributed by atoms with E-state index in [4.69, 9.17) is 4.74 Å². The number of carbonyl (C=O) groups is 1. The molecule has 0 bridgehead atoms. The summed E-state index contributed by atoms with van der Waals surface area (Å²) in [5.41, 5.74) is 1.11. The van der Waals surface area contributed by atoms with Gasteiger partial charge in [0.2, 0.25) is 0 Å². The fourth-order valence-electron chi connectivity index (χ4n) is 1.71. The van der Waals surface area contributed by atoms with E-state index in [2.05, 4.69) is 0 Å². The molecular formula is C13H18O2. The van der Waals surface area contributed by atoms with Crippen LogP contribution < -0.4 is 4.74 Å². The Bertz CT molecular complexity index is 331. The first-order chi connectivity index (χ1) is 7.19. The molecule has 0 spiro atoms. The van der Waals surface area contributed by atoms with Crippen molar-refractivity contribution in [1.82, 2.24) is 0 Å². The van der Waals surface area contributed by atoms with Crippen LogP contribution in [-0.2, 0) is 11.2 Å². The van der Waals surface area contributed by atoms with Gasteiger partial charge in [0.15, 0.2) is 0 Å². The maximum absolute atomic E-state index is 11.3. The second kappa shape index (κ2) is 5.54. The fraction of sp³-hybridized carbons (Fsp3) is 0.462. The number of ketones is 1. The Hall–Kier alpha value is -1.31. The van der Waals surface area contributed by atoms with Gasteiger partial charge in [-0.15, -0.1) is 0 Å². The van der Waals surface area contributed by atoms with E-state index in [0.717, 1.165) is 24.2 Å². The van der Waals surface area contributed by atoms with Crippen LogP contribution >= 0.6 is 0 Å². The molecule has 0 aliphatic rings. The molecular weight excluding hydrogens is 188 g/mol. The monoisotopic (exact) mass is 206 g/mol. The number of benzene rings is 1. The largest absolute Gasteiger partial charge is 0.496 e. The molecule has 0 heterocycles. The van der Waals surface area contributed by atoms with E-state index in [-0.39, 0.29) is 11.7 Å². The lowest BCUT2D eigenvalue weighted by Gasteiger charge is -2.13. The summed E-state index contributed by atoms with van der Waals surface area (Å²) in [5.74, 6) is 1.24. The van der Waals surface area contributed by atoms with E-state index < -0.39 is 0 Å². The minimum absolute atomic E-state index is 0.112. The zero-order chi connectivity index (χ0) is 11.3. The summed E-state index contributed by atoms with van der Waals surface area (Å²) in [4.78, 5) is 11.3. The minimum atomic E-state index is 0.112. The van der Waals surface area contributed by atoms with Crippen LogP contribution in [0.1, 0.15) is 25.8 Å². The summed E-state index contributed by atoms with van der Waals surface area (Å²) in [5, 5.41) is 0. The van der Waals surface area contributed by atoms with E-state index >= 15 is 0 Å². The first-order valence-corrected chi connectivity index (χ1v) is 5.31. The molecule has 0 aliphatic heterocycles. The lowest BCUT2D eigenvalue weighted by molar-refractivity contribution is -0.120. The van der Waals surface area contributed by atoms with Gasteiger partial charge in [-0.25, -0.2) is 0 Å². The van der Waals surface area contributed by atoms with Crippen molar-refractivity contribution in [3.8, 4) is 5.75 Å². The molecule has 0 fully saturated rings. The number of Topliss-reactive ketones (excluding diaryl/α,β-unsaturated/α-hetero) is 1. The van der Waals surface area contributed by atoms with Crippen LogP contribution in [0.4, 0.5) is 0 Å². The highest BCUT2D eigenvalue weighted by Crippen LogP contribution is 2.22. The molecule has 1 rings (SSSR count). The zero-order valence-corrected chi connectivity index (χ0v) is 9.62. The van der Waals surface area contributed by atoms with Crippen molar-refractivity contribution >= 4 is 5.78 Å². The van der Waals surface area contributed by atoms with Gasteiger partial charge in [0.1, 0.15) is 11.5 Å². The molecule has 82 valence electrons. The van der Waals surface area contributed by atoms with Crippen LogP contribution in [0.15, 0.2) is 24.3 Å². The molecule has 1 unspecified atom stereocenters. The van der Waals surface area contributed by atoms with E-state index in [1.165, 1.54) is 0 Å². The van der Waals surface area contributed by atoms with Gasteiger partial charge in [0, 0.05) is 5.92 Å². The third kappa shape index (κ3) is 3.08. The number of carbonyl (C=O) groups excluding carboxylic acids is 1. The quantitative estimate of drug-likeness (QED) is 0.740. The lowest BCUT2D eigenvalue weighted by atomic mass is 9.93. The fourth-order valence-corrected chi connectivity index (χ4v) is 1.71. The van der Waals surface area contributed by atoms with Gasteiger partial charge in [-0.2, -0.15) is 0 Å². The summed E-state index contributed by atoms with van der Waals surface area (Å²) in [6, 6.07) is 7.87. The highest BCUT2D eigenvalue weighted by molar-refractivity contribution is 5.78. The zero-order valence-electron chi connectivity index (χ0n) is 9.62. The Labute approximate surface area is 91.3 Å². The molecule has 0 aliphatic carbocycles. The van der Waals surface area contributed by atoms with Crippen LogP contribution in [-0.4, -0.2) is 12.9 Å². The van der Waals surface area contributed by atoms with Crippen molar-refractivity contribution in [1.29, 1.82) is 0 Å². The van der Waals surface area contributed by atoms with E-state index in [1.54, 1.807) is 14.0 Å². The Balaban J connectivity index is 2.82. The third-order valence-electron chi connectivity index (χ3n) is 2.73. The summed E-state index contributed by atoms with van der Waals surface area (Å²) >= 11 is 0. The Morgan fingerprint density at radius 3 is 2.60 bits per heavy atom. The number of methoxy groups -OCH3 is 1. The lowest BCUT2D eigenvalue weighted by Crippen LogP contribution is -2.13. The minimum Gasteiger partial charge on any atom is -0.496 e. The SMILES string of the molecule is CCC(Cc1ccccc1OC)C(C)=O. The van der Waals surface area contributed by atoms with Crippen LogP contribution in [0, 0.1) is 5.92 Å². The second-order valence-electron chi connectivity index (χ2n) is 3.73. The molecule has 0 radical (unpaired) electrons. The van der Waals surface area contributed by atoms with Crippen molar-refractivity contribution in [2.75, 3.05) is 7.11 Å². The van der Waals surface area contributed by atoms with Crippen molar-refractivity contribution in [2.24, 2.45) is 5.92 Å². The molecule has 1 atom stereocenters. The first kappa shape index (κ1) is 11.8. The van der Waals surface area contributed by atoms with Gasteiger partial charge in [-0.3, -0.25) is 4.79 Å². The molecule has 0 saturated heterocycles. The molecule has 0 N–H and O–H groups in total. The van der Waals surface area contributed by atoms with Crippen molar-refractivity contribution in [2.45, 2.75) is 26.7 Å². The standard InChI is InChI=1S/C13H18O2/c1-4-11(10(2)14)9-12-7-5-6-8-13(12)15-3/h5-8,11H,4,9H2,1-3H3.